The predicted molar refractivity (Wildman–Crippen MR) is 58.1 cm³/mol. The fourth-order valence-electron chi connectivity index (χ4n) is 0.992. The Morgan fingerprint density at radius 2 is 2.08 bits per heavy atom. The summed E-state index contributed by atoms with van der Waals surface area (Å²) >= 11 is 1.58. The second kappa shape index (κ2) is 4.92. The Hall–Kier alpha value is -0.960. The Morgan fingerprint density at radius 3 is 2.77 bits per heavy atom. The van der Waals surface area contributed by atoms with Crippen LogP contribution in [-0.2, 0) is 6.42 Å². The van der Waals surface area contributed by atoms with E-state index >= 15 is 0 Å². The molecule has 2 heterocycles. The largest absolute Gasteiger partial charge is 0.243 e. The molecule has 3 heteroatoms. The number of nitrogens with zero attached hydrogens (tertiary/aromatic N) is 2. The molecule has 2 rings (SSSR count). The van der Waals surface area contributed by atoms with Crippen LogP contribution in [0.1, 0.15) is 26.3 Å². The van der Waals surface area contributed by atoms with E-state index in [0.29, 0.717) is 0 Å². The molecule has 0 aliphatic heterocycles. The second-order valence-corrected chi connectivity index (χ2v) is 3.21. The molecule has 2 aromatic rings. The summed E-state index contributed by atoms with van der Waals surface area (Å²) < 4.78 is 0. The molecular weight excluding hydrogens is 180 g/mol. The van der Waals surface area contributed by atoms with Crippen molar-refractivity contribution < 1.29 is 0 Å². The summed E-state index contributed by atoms with van der Waals surface area (Å²) in [5.74, 6) is 0. The molecule has 0 radical (unpaired) electrons. The van der Waals surface area contributed by atoms with Gasteiger partial charge in [-0.15, -0.1) is 11.3 Å². The van der Waals surface area contributed by atoms with Gasteiger partial charge in [-0.2, -0.15) is 0 Å². The Kier molecular flexibility index (Phi) is 3.83. The van der Waals surface area contributed by atoms with Crippen molar-refractivity contribution in [2.45, 2.75) is 27.2 Å². The zero-order chi connectivity index (χ0) is 9.68. The van der Waals surface area contributed by atoms with Crippen molar-refractivity contribution in [3.05, 3.63) is 23.3 Å². The topological polar surface area (TPSA) is 25.8 Å². The molecule has 0 unspecified atom stereocenters. The summed E-state index contributed by atoms with van der Waals surface area (Å²) in [7, 11) is 0. The van der Waals surface area contributed by atoms with E-state index < -0.39 is 0 Å². The Balaban J connectivity index is 0.000000396. The van der Waals surface area contributed by atoms with Gasteiger partial charge in [0.25, 0.3) is 0 Å². The molecule has 2 nitrogen and oxygen atoms in total. The number of hydrogen-bond acceptors (Lipinski definition) is 3. The molecule has 13 heavy (non-hydrogen) atoms. The third-order valence-corrected chi connectivity index (χ3v) is 2.40. The molecular formula is C10H14N2S. The molecule has 0 atom stereocenters. The average molecular weight is 194 g/mol. The van der Waals surface area contributed by atoms with Gasteiger partial charge in [0, 0.05) is 6.20 Å². The van der Waals surface area contributed by atoms with Crippen LogP contribution in [0.4, 0.5) is 0 Å². The SMILES string of the molecule is CC.CCc1cnc2scnc2c1. The molecule has 2 aromatic heterocycles. The van der Waals surface area contributed by atoms with Gasteiger partial charge < -0.3 is 0 Å². The second-order valence-electron chi connectivity index (χ2n) is 2.37. The first-order chi connectivity index (χ1) is 6.40. The van der Waals surface area contributed by atoms with E-state index in [4.69, 9.17) is 0 Å². The molecule has 70 valence electrons. The van der Waals surface area contributed by atoms with Crippen LogP contribution in [0.15, 0.2) is 17.8 Å². The summed E-state index contributed by atoms with van der Waals surface area (Å²) in [6, 6.07) is 2.10. The molecule has 0 N–H and O–H groups in total. The number of pyridine rings is 1. The molecule has 0 bridgehead atoms. The van der Waals surface area contributed by atoms with E-state index in [2.05, 4.69) is 23.0 Å². The van der Waals surface area contributed by atoms with Gasteiger partial charge in [-0.25, -0.2) is 9.97 Å². The smallest absolute Gasteiger partial charge is 0.143 e. The Labute approximate surface area is 82.7 Å². The van der Waals surface area contributed by atoms with Gasteiger partial charge in [0.2, 0.25) is 0 Å². The summed E-state index contributed by atoms with van der Waals surface area (Å²) in [6.45, 7) is 6.12. The number of aryl methyl sites for hydroxylation is 1. The lowest BCUT2D eigenvalue weighted by atomic mass is 10.2. The van der Waals surface area contributed by atoms with Crippen molar-refractivity contribution in [1.82, 2.24) is 9.97 Å². The minimum Gasteiger partial charge on any atom is -0.243 e. The van der Waals surface area contributed by atoms with Gasteiger partial charge in [0.1, 0.15) is 10.3 Å². The van der Waals surface area contributed by atoms with Crippen molar-refractivity contribution in [3.63, 3.8) is 0 Å². The van der Waals surface area contributed by atoms with E-state index in [1.807, 2.05) is 25.6 Å². The van der Waals surface area contributed by atoms with Gasteiger partial charge in [0.05, 0.1) is 5.51 Å². The Bertz CT molecular complexity index is 368. The van der Waals surface area contributed by atoms with Crippen LogP contribution in [-0.4, -0.2) is 9.97 Å². The van der Waals surface area contributed by atoms with Crippen molar-refractivity contribution in [2.75, 3.05) is 0 Å². The fraction of sp³-hybridized carbons (Fsp3) is 0.400. The van der Waals surface area contributed by atoms with Crippen LogP contribution < -0.4 is 0 Å². The van der Waals surface area contributed by atoms with Crippen LogP contribution in [0.5, 0.6) is 0 Å². The number of thiazole rings is 1. The first-order valence-electron chi connectivity index (χ1n) is 4.58. The molecule has 0 aliphatic carbocycles. The number of fused-ring (bicyclic) bond motifs is 1. The van der Waals surface area contributed by atoms with Crippen molar-refractivity contribution in [3.8, 4) is 0 Å². The zero-order valence-electron chi connectivity index (χ0n) is 8.24. The molecule has 0 aromatic carbocycles. The van der Waals surface area contributed by atoms with Gasteiger partial charge in [-0.1, -0.05) is 20.8 Å². The first-order valence-corrected chi connectivity index (χ1v) is 5.46. The summed E-state index contributed by atoms with van der Waals surface area (Å²) in [4.78, 5) is 9.48. The summed E-state index contributed by atoms with van der Waals surface area (Å²) in [5.41, 5.74) is 4.11. The minimum absolute atomic E-state index is 1.02. The highest BCUT2D eigenvalue weighted by molar-refractivity contribution is 7.16. The predicted octanol–water partition coefficient (Wildman–Crippen LogP) is 3.28. The van der Waals surface area contributed by atoms with Gasteiger partial charge in [-0.3, -0.25) is 0 Å². The molecule has 0 aliphatic rings. The minimum atomic E-state index is 1.02. The fourth-order valence-corrected chi connectivity index (χ4v) is 1.60. The number of hydrogen-bond donors (Lipinski definition) is 0. The van der Waals surface area contributed by atoms with E-state index in [-0.39, 0.29) is 0 Å². The normalized spacial score (nSPS) is 9.46. The molecule has 0 saturated heterocycles. The van der Waals surface area contributed by atoms with Crippen molar-refractivity contribution in [2.24, 2.45) is 0 Å². The number of aromatic nitrogens is 2. The lowest BCUT2D eigenvalue weighted by molar-refractivity contribution is 1.12. The van der Waals surface area contributed by atoms with Gasteiger partial charge in [0.15, 0.2) is 0 Å². The third-order valence-electron chi connectivity index (χ3n) is 1.65. The molecule has 0 saturated carbocycles. The summed E-state index contributed by atoms with van der Waals surface area (Å²) in [5, 5.41) is 0. The average Bonchev–Trinajstić information content (AvgIpc) is 2.67. The maximum Gasteiger partial charge on any atom is 0.143 e. The van der Waals surface area contributed by atoms with Crippen LogP contribution >= 0.6 is 11.3 Å². The molecule has 0 spiro atoms. The van der Waals surface area contributed by atoms with E-state index in [9.17, 15) is 0 Å². The van der Waals surface area contributed by atoms with Gasteiger partial charge >= 0.3 is 0 Å². The van der Waals surface area contributed by atoms with E-state index in [1.165, 1.54) is 5.56 Å². The quantitative estimate of drug-likeness (QED) is 0.696. The molecule has 0 fully saturated rings. The van der Waals surface area contributed by atoms with Crippen molar-refractivity contribution >= 4 is 21.7 Å². The molecule has 0 amide bonds. The van der Waals surface area contributed by atoms with E-state index in [1.54, 1.807) is 11.3 Å². The standard InChI is InChI=1S/C8H8N2S.C2H6/c1-2-6-3-7-8(9-4-6)11-5-10-7;1-2/h3-5H,2H2,1H3;1-2H3. The van der Waals surface area contributed by atoms with Crippen LogP contribution in [0.3, 0.4) is 0 Å². The van der Waals surface area contributed by atoms with Gasteiger partial charge in [-0.05, 0) is 18.1 Å². The highest BCUT2D eigenvalue weighted by Crippen LogP contribution is 2.15. The lowest BCUT2D eigenvalue weighted by Gasteiger charge is -1.92. The lowest BCUT2D eigenvalue weighted by Crippen LogP contribution is -1.81. The highest BCUT2D eigenvalue weighted by atomic mass is 32.1. The maximum absolute atomic E-state index is 4.27. The zero-order valence-corrected chi connectivity index (χ0v) is 9.06. The highest BCUT2D eigenvalue weighted by Gasteiger charge is 1.97. The van der Waals surface area contributed by atoms with Crippen LogP contribution in [0.2, 0.25) is 0 Å². The van der Waals surface area contributed by atoms with Crippen LogP contribution in [0, 0.1) is 0 Å². The van der Waals surface area contributed by atoms with Crippen molar-refractivity contribution in [1.29, 1.82) is 0 Å². The first kappa shape index (κ1) is 10.1. The Morgan fingerprint density at radius 1 is 1.31 bits per heavy atom. The summed E-state index contributed by atoms with van der Waals surface area (Å²) in [6.07, 6.45) is 2.95. The van der Waals surface area contributed by atoms with Crippen LogP contribution in [0.25, 0.3) is 10.3 Å². The monoisotopic (exact) mass is 194 g/mol. The maximum atomic E-state index is 4.27. The van der Waals surface area contributed by atoms with E-state index in [0.717, 1.165) is 16.8 Å². The number of rotatable bonds is 1. The third kappa shape index (κ3) is 2.25.